The Kier molecular flexibility index (Phi) is 4.49. The Morgan fingerprint density at radius 3 is 2.33 bits per heavy atom. The van der Waals surface area contributed by atoms with E-state index >= 15 is 0 Å². The van der Waals surface area contributed by atoms with E-state index in [-0.39, 0.29) is 4.90 Å². The van der Waals surface area contributed by atoms with Crippen molar-refractivity contribution in [3.05, 3.63) is 58.6 Å². The van der Waals surface area contributed by atoms with Crippen molar-refractivity contribution in [1.29, 1.82) is 0 Å². The van der Waals surface area contributed by atoms with Gasteiger partial charge in [0.15, 0.2) is 0 Å². The summed E-state index contributed by atoms with van der Waals surface area (Å²) in [7, 11) is 0. The second kappa shape index (κ2) is 5.99. The summed E-state index contributed by atoms with van der Waals surface area (Å²) in [5.41, 5.74) is -1.93. The lowest BCUT2D eigenvalue weighted by Gasteiger charge is -2.12. The van der Waals surface area contributed by atoms with Crippen LogP contribution in [-0.4, -0.2) is 11.1 Å². The largest absolute Gasteiger partial charge is 0.478 e. The molecule has 0 fully saturated rings. The SMILES string of the molecule is O=C(O)c1ccc(Sc2cccc(Cl)c2)cc1C(F)(F)F. The second-order valence-electron chi connectivity index (χ2n) is 4.07. The third kappa shape index (κ3) is 3.92. The number of hydrogen-bond acceptors (Lipinski definition) is 2. The molecule has 2 nitrogen and oxygen atoms in total. The van der Waals surface area contributed by atoms with E-state index in [4.69, 9.17) is 16.7 Å². The van der Waals surface area contributed by atoms with Gasteiger partial charge in [0, 0.05) is 14.8 Å². The standard InChI is InChI=1S/C14H8ClF3O2S/c15-8-2-1-3-9(6-8)21-10-4-5-11(13(19)20)12(7-10)14(16,17)18/h1-7H,(H,19,20). The Morgan fingerprint density at radius 1 is 1.10 bits per heavy atom. The molecule has 0 amide bonds. The molecule has 0 spiro atoms. The molecule has 2 rings (SSSR count). The summed E-state index contributed by atoms with van der Waals surface area (Å²) in [5.74, 6) is -1.61. The number of carboxylic acids is 1. The summed E-state index contributed by atoms with van der Waals surface area (Å²) in [6.45, 7) is 0. The third-order valence-corrected chi connectivity index (χ3v) is 3.77. The summed E-state index contributed by atoms with van der Waals surface area (Å²) >= 11 is 6.89. The first-order valence-corrected chi connectivity index (χ1v) is 6.85. The van der Waals surface area contributed by atoms with Crippen LogP contribution in [0, 0.1) is 0 Å². The summed E-state index contributed by atoms with van der Waals surface area (Å²) in [6, 6.07) is 9.78. The topological polar surface area (TPSA) is 37.3 Å². The smallest absolute Gasteiger partial charge is 0.417 e. The molecule has 0 aliphatic heterocycles. The van der Waals surface area contributed by atoms with E-state index in [2.05, 4.69) is 0 Å². The van der Waals surface area contributed by atoms with E-state index in [9.17, 15) is 18.0 Å². The molecule has 110 valence electrons. The fourth-order valence-corrected chi connectivity index (χ4v) is 2.85. The summed E-state index contributed by atoms with van der Waals surface area (Å²) < 4.78 is 38.7. The van der Waals surface area contributed by atoms with Gasteiger partial charge in [-0.05, 0) is 36.4 Å². The van der Waals surface area contributed by atoms with Crippen LogP contribution in [0.3, 0.4) is 0 Å². The van der Waals surface area contributed by atoms with Gasteiger partial charge in [-0.2, -0.15) is 13.2 Å². The number of aromatic carboxylic acids is 1. The molecular weight excluding hydrogens is 325 g/mol. The Bertz CT molecular complexity index is 686. The molecule has 0 saturated carbocycles. The Morgan fingerprint density at radius 2 is 1.76 bits per heavy atom. The highest BCUT2D eigenvalue weighted by Crippen LogP contribution is 2.37. The average Bonchev–Trinajstić information content (AvgIpc) is 2.37. The summed E-state index contributed by atoms with van der Waals surface area (Å²) in [5, 5.41) is 9.29. The Hall–Kier alpha value is -1.66. The molecule has 0 unspecified atom stereocenters. The number of halogens is 4. The van der Waals surface area contributed by atoms with Crippen LogP contribution in [0.1, 0.15) is 15.9 Å². The molecule has 2 aromatic carbocycles. The van der Waals surface area contributed by atoms with Crippen molar-refractivity contribution in [1.82, 2.24) is 0 Å². The van der Waals surface area contributed by atoms with E-state index in [0.717, 1.165) is 23.9 Å². The van der Waals surface area contributed by atoms with E-state index in [0.29, 0.717) is 9.92 Å². The van der Waals surface area contributed by atoms with Crippen LogP contribution >= 0.6 is 23.4 Å². The van der Waals surface area contributed by atoms with Gasteiger partial charge >= 0.3 is 12.1 Å². The van der Waals surface area contributed by atoms with Crippen LogP contribution in [0.2, 0.25) is 5.02 Å². The van der Waals surface area contributed by atoms with Gasteiger partial charge in [-0.1, -0.05) is 29.4 Å². The normalized spacial score (nSPS) is 11.4. The maximum Gasteiger partial charge on any atom is 0.417 e. The highest BCUT2D eigenvalue weighted by atomic mass is 35.5. The molecule has 0 aliphatic carbocycles. The van der Waals surface area contributed by atoms with Crippen LogP contribution in [0.15, 0.2) is 52.3 Å². The Balaban J connectivity index is 2.40. The lowest BCUT2D eigenvalue weighted by atomic mass is 10.1. The fraction of sp³-hybridized carbons (Fsp3) is 0.0714. The van der Waals surface area contributed by atoms with Gasteiger partial charge in [-0.15, -0.1) is 0 Å². The monoisotopic (exact) mass is 332 g/mol. The molecule has 0 aliphatic rings. The molecule has 2 aromatic rings. The predicted molar refractivity (Wildman–Crippen MR) is 74.0 cm³/mol. The minimum atomic E-state index is -4.72. The molecule has 0 aromatic heterocycles. The van der Waals surface area contributed by atoms with Crippen molar-refractivity contribution in [3.8, 4) is 0 Å². The molecule has 21 heavy (non-hydrogen) atoms. The summed E-state index contributed by atoms with van der Waals surface area (Å²) in [4.78, 5) is 11.8. The lowest BCUT2D eigenvalue weighted by molar-refractivity contribution is -0.138. The van der Waals surface area contributed by atoms with E-state index in [1.54, 1.807) is 24.3 Å². The number of benzene rings is 2. The van der Waals surface area contributed by atoms with Gasteiger partial charge in [0.25, 0.3) is 0 Å². The zero-order chi connectivity index (χ0) is 15.6. The fourth-order valence-electron chi connectivity index (χ4n) is 1.67. The number of hydrogen-bond donors (Lipinski definition) is 1. The molecule has 0 saturated heterocycles. The average molecular weight is 333 g/mol. The minimum absolute atomic E-state index is 0.287. The van der Waals surface area contributed by atoms with Crippen molar-refractivity contribution in [2.75, 3.05) is 0 Å². The van der Waals surface area contributed by atoms with Gasteiger partial charge in [-0.25, -0.2) is 4.79 Å². The van der Waals surface area contributed by atoms with Crippen molar-refractivity contribution in [3.63, 3.8) is 0 Å². The first-order chi connectivity index (χ1) is 9.77. The first-order valence-electron chi connectivity index (χ1n) is 5.65. The third-order valence-electron chi connectivity index (χ3n) is 2.56. The van der Waals surface area contributed by atoms with Crippen LogP contribution in [-0.2, 0) is 6.18 Å². The number of carboxylic acid groups (broad SMARTS) is 1. The van der Waals surface area contributed by atoms with Crippen LogP contribution in [0.4, 0.5) is 13.2 Å². The number of alkyl halides is 3. The maximum absolute atomic E-state index is 12.9. The van der Waals surface area contributed by atoms with Crippen molar-refractivity contribution in [2.45, 2.75) is 16.0 Å². The number of rotatable bonds is 3. The molecule has 0 bridgehead atoms. The molecule has 1 N–H and O–H groups in total. The van der Waals surface area contributed by atoms with Crippen LogP contribution in [0.5, 0.6) is 0 Å². The summed E-state index contributed by atoms with van der Waals surface area (Å²) in [6.07, 6.45) is -4.72. The maximum atomic E-state index is 12.9. The zero-order valence-corrected chi connectivity index (χ0v) is 11.9. The van der Waals surface area contributed by atoms with Gasteiger partial charge < -0.3 is 5.11 Å². The lowest BCUT2D eigenvalue weighted by Crippen LogP contribution is -2.12. The van der Waals surface area contributed by atoms with E-state index in [1.165, 1.54) is 6.07 Å². The van der Waals surface area contributed by atoms with Gasteiger partial charge in [0.2, 0.25) is 0 Å². The minimum Gasteiger partial charge on any atom is -0.478 e. The van der Waals surface area contributed by atoms with Gasteiger partial charge in [0.05, 0.1) is 11.1 Å². The van der Waals surface area contributed by atoms with Crippen molar-refractivity contribution >= 4 is 29.3 Å². The van der Waals surface area contributed by atoms with Crippen LogP contribution < -0.4 is 0 Å². The van der Waals surface area contributed by atoms with Crippen LogP contribution in [0.25, 0.3) is 0 Å². The van der Waals surface area contributed by atoms with Gasteiger partial charge in [0.1, 0.15) is 0 Å². The second-order valence-corrected chi connectivity index (χ2v) is 5.65. The van der Waals surface area contributed by atoms with Gasteiger partial charge in [-0.3, -0.25) is 0 Å². The molecule has 0 heterocycles. The van der Waals surface area contributed by atoms with E-state index < -0.39 is 23.3 Å². The highest BCUT2D eigenvalue weighted by Gasteiger charge is 2.35. The number of carbonyl (C=O) groups is 1. The molecule has 7 heteroatoms. The first kappa shape index (κ1) is 15.7. The molecule has 0 atom stereocenters. The molecular formula is C14H8ClF3O2S. The highest BCUT2D eigenvalue weighted by molar-refractivity contribution is 7.99. The quantitative estimate of drug-likeness (QED) is 0.838. The Labute approximate surface area is 127 Å². The van der Waals surface area contributed by atoms with Crippen molar-refractivity contribution < 1.29 is 23.1 Å². The predicted octanol–water partition coefficient (Wildman–Crippen LogP) is 5.21. The van der Waals surface area contributed by atoms with Crippen molar-refractivity contribution in [2.24, 2.45) is 0 Å². The zero-order valence-electron chi connectivity index (χ0n) is 10.3. The molecule has 0 radical (unpaired) electrons. The van der Waals surface area contributed by atoms with E-state index in [1.807, 2.05) is 0 Å².